The standard InChI is InChI=1S/C17H24N4O3S/c1-24-16(23)12-6-8-20(9-7-12)14(22)10-25-17-19-18-15(11-2-3-11)21(17)13-4-5-13/h11-13H,2-10H2,1H3. The van der Waals surface area contributed by atoms with E-state index in [0.717, 1.165) is 11.0 Å². The molecule has 1 aromatic heterocycles. The van der Waals surface area contributed by atoms with Crippen LogP contribution in [-0.2, 0) is 14.3 Å². The second-order valence-corrected chi connectivity index (χ2v) is 8.13. The van der Waals surface area contributed by atoms with Crippen LogP contribution in [0.25, 0.3) is 0 Å². The van der Waals surface area contributed by atoms with Crippen LogP contribution in [0.4, 0.5) is 0 Å². The summed E-state index contributed by atoms with van der Waals surface area (Å²) in [7, 11) is 1.42. The Morgan fingerprint density at radius 2 is 1.84 bits per heavy atom. The van der Waals surface area contributed by atoms with Crippen molar-refractivity contribution in [2.24, 2.45) is 5.92 Å². The van der Waals surface area contributed by atoms with Crippen LogP contribution in [0, 0.1) is 5.92 Å². The molecule has 4 rings (SSSR count). The fourth-order valence-corrected chi connectivity index (χ4v) is 4.35. The fraction of sp³-hybridized carbons (Fsp3) is 0.765. The normalized spacial score (nSPS) is 21.4. The molecular formula is C17H24N4O3S. The second kappa shape index (κ2) is 6.97. The number of carbonyl (C=O) groups is 2. The summed E-state index contributed by atoms with van der Waals surface area (Å²) in [5, 5.41) is 9.62. The van der Waals surface area contributed by atoms with Crippen LogP contribution in [0.5, 0.6) is 0 Å². The molecule has 0 unspecified atom stereocenters. The molecule has 2 heterocycles. The molecule has 0 radical (unpaired) electrons. The first-order valence-corrected chi connectivity index (χ1v) is 10.1. The van der Waals surface area contributed by atoms with Crippen LogP contribution >= 0.6 is 11.8 Å². The summed E-state index contributed by atoms with van der Waals surface area (Å²) < 4.78 is 7.07. The molecule has 136 valence electrons. The number of piperidine rings is 1. The summed E-state index contributed by atoms with van der Waals surface area (Å²) in [5.41, 5.74) is 0. The van der Waals surface area contributed by atoms with Gasteiger partial charge in [0.1, 0.15) is 5.82 Å². The average molecular weight is 364 g/mol. The quantitative estimate of drug-likeness (QED) is 0.567. The first-order valence-electron chi connectivity index (χ1n) is 9.10. The predicted molar refractivity (Wildman–Crippen MR) is 92.3 cm³/mol. The van der Waals surface area contributed by atoms with Crippen molar-refractivity contribution < 1.29 is 14.3 Å². The van der Waals surface area contributed by atoms with E-state index in [0.29, 0.717) is 43.6 Å². The van der Waals surface area contributed by atoms with Gasteiger partial charge in [0.25, 0.3) is 0 Å². The van der Waals surface area contributed by atoms with Crippen molar-refractivity contribution in [3.63, 3.8) is 0 Å². The number of ether oxygens (including phenoxy) is 1. The van der Waals surface area contributed by atoms with Crippen LogP contribution in [-0.4, -0.2) is 57.5 Å². The summed E-state index contributed by atoms with van der Waals surface area (Å²) in [5.74, 6) is 1.98. The third-order valence-corrected chi connectivity index (χ3v) is 6.18. The number of rotatable bonds is 6. The van der Waals surface area contributed by atoms with E-state index < -0.39 is 0 Å². The Hall–Kier alpha value is -1.57. The van der Waals surface area contributed by atoms with E-state index in [9.17, 15) is 9.59 Å². The van der Waals surface area contributed by atoms with Gasteiger partial charge in [0.15, 0.2) is 5.16 Å². The average Bonchev–Trinajstić information content (AvgIpc) is 3.57. The fourth-order valence-electron chi connectivity index (χ4n) is 3.43. The van der Waals surface area contributed by atoms with Gasteiger partial charge in [-0.3, -0.25) is 9.59 Å². The van der Waals surface area contributed by atoms with Crippen molar-refractivity contribution in [1.29, 1.82) is 0 Å². The highest BCUT2D eigenvalue weighted by Gasteiger charge is 2.36. The van der Waals surface area contributed by atoms with Gasteiger partial charge in [0.2, 0.25) is 5.91 Å². The summed E-state index contributed by atoms with van der Waals surface area (Å²) in [4.78, 5) is 25.9. The van der Waals surface area contributed by atoms with Gasteiger partial charge in [-0.05, 0) is 38.5 Å². The van der Waals surface area contributed by atoms with Crippen LogP contribution in [0.15, 0.2) is 5.16 Å². The third-order valence-electron chi connectivity index (χ3n) is 5.25. The summed E-state index contributed by atoms with van der Waals surface area (Å²) in [6, 6.07) is 0.541. The second-order valence-electron chi connectivity index (χ2n) is 7.18. The molecule has 0 spiro atoms. The number of methoxy groups -OCH3 is 1. The van der Waals surface area contributed by atoms with Gasteiger partial charge in [-0.1, -0.05) is 11.8 Å². The maximum absolute atomic E-state index is 12.5. The zero-order chi connectivity index (χ0) is 17.4. The van der Waals surface area contributed by atoms with Crippen molar-refractivity contribution in [3.8, 4) is 0 Å². The lowest BCUT2D eigenvalue weighted by Crippen LogP contribution is -2.41. The molecule has 0 aromatic carbocycles. The highest BCUT2D eigenvalue weighted by molar-refractivity contribution is 7.99. The maximum Gasteiger partial charge on any atom is 0.308 e. The van der Waals surface area contributed by atoms with Gasteiger partial charge in [0.05, 0.1) is 18.8 Å². The molecule has 2 saturated carbocycles. The smallest absolute Gasteiger partial charge is 0.308 e. The van der Waals surface area contributed by atoms with Gasteiger partial charge >= 0.3 is 5.97 Å². The van der Waals surface area contributed by atoms with Crippen LogP contribution < -0.4 is 0 Å². The number of aromatic nitrogens is 3. The topological polar surface area (TPSA) is 77.3 Å². The number of likely N-dealkylation sites (tertiary alicyclic amines) is 1. The number of nitrogens with zero attached hydrogens (tertiary/aromatic N) is 4. The molecule has 1 aromatic rings. The van der Waals surface area contributed by atoms with Gasteiger partial charge in [0, 0.05) is 25.0 Å². The SMILES string of the molecule is COC(=O)C1CCN(C(=O)CSc2nnc(C3CC3)n2C2CC2)CC1. The summed E-state index contributed by atoms with van der Waals surface area (Å²) >= 11 is 1.50. The van der Waals surface area contributed by atoms with Gasteiger partial charge in [-0.15, -0.1) is 10.2 Å². The molecular weight excluding hydrogens is 340 g/mol. The van der Waals surface area contributed by atoms with E-state index in [-0.39, 0.29) is 17.8 Å². The molecule has 0 atom stereocenters. The molecule has 3 fully saturated rings. The Labute approximate surface area is 151 Å². The van der Waals surface area contributed by atoms with E-state index >= 15 is 0 Å². The number of amides is 1. The minimum absolute atomic E-state index is 0.0687. The van der Waals surface area contributed by atoms with Crippen molar-refractivity contribution in [3.05, 3.63) is 5.82 Å². The maximum atomic E-state index is 12.5. The molecule has 0 bridgehead atoms. The zero-order valence-corrected chi connectivity index (χ0v) is 15.3. The molecule has 0 N–H and O–H groups in total. The van der Waals surface area contributed by atoms with Crippen LogP contribution in [0.3, 0.4) is 0 Å². The third kappa shape index (κ3) is 3.68. The number of hydrogen-bond donors (Lipinski definition) is 0. The van der Waals surface area contributed by atoms with Crippen molar-refractivity contribution in [2.75, 3.05) is 26.0 Å². The van der Waals surface area contributed by atoms with E-state index in [1.807, 2.05) is 4.90 Å². The molecule has 25 heavy (non-hydrogen) atoms. The van der Waals surface area contributed by atoms with Gasteiger partial charge < -0.3 is 14.2 Å². The van der Waals surface area contributed by atoms with Crippen molar-refractivity contribution >= 4 is 23.6 Å². The lowest BCUT2D eigenvalue weighted by Gasteiger charge is -2.30. The lowest BCUT2D eigenvalue weighted by atomic mass is 9.97. The highest BCUT2D eigenvalue weighted by atomic mass is 32.2. The van der Waals surface area contributed by atoms with Crippen LogP contribution in [0.2, 0.25) is 0 Å². The van der Waals surface area contributed by atoms with E-state index in [1.54, 1.807) is 0 Å². The molecule has 1 amide bonds. The monoisotopic (exact) mass is 364 g/mol. The number of esters is 1. The van der Waals surface area contributed by atoms with Gasteiger partial charge in [-0.2, -0.15) is 0 Å². The Morgan fingerprint density at radius 3 is 2.44 bits per heavy atom. The van der Waals surface area contributed by atoms with E-state index in [2.05, 4.69) is 14.8 Å². The molecule has 2 aliphatic carbocycles. The zero-order valence-electron chi connectivity index (χ0n) is 14.5. The largest absolute Gasteiger partial charge is 0.469 e. The van der Waals surface area contributed by atoms with Crippen molar-refractivity contribution in [1.82, 2.24) is 19.7 Å². The first-order chi connectivity index (χ1) is 12.2. The Balaban J connectivity index is 1.32. The Kier molecular flexibility index (Phi) is 4.71. The molecule has 1 saturated heterocycles. The number of hydrogen-bond acceptors (Lipinski definition) is 6. The molecule has 8 heteroatoms. The van der Waals surface area contributed by atoms with Gasteiger partial charge in [-0.25, -0.2) is 0 Å². The van der Waals surface area contributed by atoms with E-state index in [4.69, 9.17) is 4.74 Å². The Morgan fingerprint density at radius 1 is 1.12 bits per heavy atom. The minimum atomic E-state index is -0.161. The van der Waals surface area contributed by atoms with Crippen molar-refractivity contribution in [2.45, 2.75) is 55.6 Å². The highest BCUT2D eigenvalue weighted by Crippen LogP contribution is 2.46. The minimum Gasteiger partial charge on any atom is -0.469 e. The lowest BCUT2D eigenvalue weighted by molar-refractivity contribution is -0.148. The van der Waals surface area contributed by atoms with E-state index in [1.165, 1.54) is 44.6 Å². The Bertz CT molecular complexity index is 661. The molecule has 1 aliphatic heterocycles. The molecule has 7 nitrogen and oxygen atoms in total. The van der Waals surface area contributed by atoms with Crippen LogP contribution in [0.1, 0.15) is 56.3 Å². The first kappa shape index (κ1) is 16.9. The number of carbonyl (C=O) groups excluding carboxylic acids is 2. The summed E-state index contributed by atoms with van der Waals surface area (Å²) in [6.45, 7) is 1.25. The summed E-state index contributed by atoms with van der Waals surface area (Å²) in [6.07, 6.45) is 6.19. The predicted octanol–water partition coefficient (Wildman–Crippen LogP) is 1.99. The number of thioether (sulfide) groups is 1. The molecule has 3 aliphatic rings.